The van der Waals surface area contributed by atoms with E-state index in [0.29, 0.717) is 0 Å². The number of hydrogen-bond acceptors (Lipinski definition) is 3. The highest BCUT2D eigenvalue weighted by molar-refractivity contribution is 5.75. The number of rotatable bonds is 4. The molecular formula is C15H17N3O. The van der Waals surface area contributed by atoms with Gasteiger partial charge in [0, 0.05) is 19.2 Å². The predicted octanol–water partition coefficient (Wildman–Crippen LogP) is 3.02. The molecule has 0 amide bonds. The van der Waals surface area contributed by atoms with Gasteiger partial charge in [-0.15, -0.1) is 0 Å². The molecule has 0 aliphatic heterocycles. The van der Waals surface area contributed by atoms with E-state index >= 15 is 0 Å². The van der Waals surface area contributed by atoms with Crippen LogP contribution < -0.4 is 5.32 Å². The van der Waals surface area contributed by atoms with Crippen LogP contribution in [0.3, 0.4) is 0 Å². The molecule has 0 bridgehead atoms. The molecule has 1 atom stereocenters. The van der Waals surface area contributed by atoms with E-state index in [1.54, 1.807) is 12.5 Å². The highest BCUT2D eigenvalue weighted by atomic mass is 16.3. The van der Waals surface area contributed by atoms with E-state index in [0.717, 1.165) is 29.0 Å². The van der Waals surface area contributed by atoms with Crippen LogP contribution in [0.5, 0.6) is 0 Å². The highest BCUT2D eigenvalue weighted by Gasteiger charge is 2.13. The van der Waals surface area contributed by atoms with E-state index in [-0.39, 0.29) is 6.04 Å². The first-order valence-corrected chi connectivity index (χ1v) is 6.41. The maximum atomic E-state index is 5.06. The molecule has 98 valence electrons. The number of nitrogens with zero attached hydrogens (tertiary/aromatic N) is 2. The zero-order valence-electron chi connectivity index (χ0n) is 11.1. The molecule has 0 aliphatic carbocycles. The summed E-state index contributed by atoms with van der Waals surface area (Å²) in [5, 5.41) is 3.46. The Morgan fingerprint density at radius 2 is 2.16 bits per heavy atom. The van der Waals surface area contributed by atoms with Gasteiger partial charge < -0.3 is 14.3 Å². The number of para-hydroxylation sites is 2. The number of imidazole rings is 1. The summed E-state index contributed by atoms with van der Waals surface area (Å²) in [6.45, 7) is 2.90. The van der Waals surface area contributed by atoms with Crippen molar-refractivity contribution in [2.24, 2.45) is 7.05 Å². The summed E-state index contributed by atoms with van der Waals surface area (Å²) in [4.78, 5) is 4.69. The van der Waals surface area contributed by atoms with Crippen LogP contribution in [-0.2, 0) is 13.6 Å². The van der Waals surface area contributed by atoms with Gasteiger partial charge in [-0.1, -0.05) is 12.1 Å². The van der Waals surface area contributed by atoms with Crippen molar-refractivity contribution in [2.75, 3.05) is 0 Å². The number of nitrogens with one attached hydrogen (secondary N) is 1. The maximum absolute atomic E-state index is 5.06. The molecular weight excluding hydrogens is 238 g/mol. The topological polar surface area (TPSA) is 43.0 Å². The Hall–Kier alpha value is -2.07. The molecule has 0 radical (unpaired) electrons. The molecule has 2 heterocycles. The molecule has 0 saturated carbocycles. The number of aromatic nitrogens is 2. The molecule has 4 heteroatoms. The summed E-state index contributed by atoms with van der Waals surface area (Å²) in [6, 6.07) is 10.3. The molecule has 4 nitrogen and oxygen atoms in total. The lowest BCUT2D eigenvalue weighted by Gasteiger charge is -2.13. The summed E-state index contributed by atoms with van der Waals surface area (Å²) in [5.41, 5.74) is 3.34. The minimum Gasteiger partial charge on any atom is -0.472 e. The van der Waals surface area contributed by atoms with Gasteiger partial charge >= 0.3 is 0 Å². The molecule has 1 aromatic carbocycles. The van der Waals surface area contributed by atoms with Crippen molar-refractivity contribution in [1.82, 2.24) is 14.9 Å². The third-order valence-corrected chi connectivity index (χ3v) is 3.40. The quantitative estimate of drug-likeness (QED) is 0.779. The Bertz CT molecular complexity index is 670. The molecule has 1 unspecified atom stereocenters. The first-order chi connectivity index (χ1) is 9.25. The highest BCUT2D eigenvalue weighted by Crippen LogP contribution is 2.19. The molecule has 2 aromatic heterocycles. The Kier molecular flexibility index (Phi) is 3.09. The monoisotopic (exact) mass is 255 g/mol. The van der Waals surface area contributed by atoms with E-state index in [9.17, 15) is 0 Å². The molecule has 3 rings (SSSR count). The van der Waals surface area contributed by atoms with Gasteiger partial charge in [0.15, 0.2) is 0 Å². The van der Waals surface area contributed by atoms with Crippen molar-refractivity contribution in [3.63, 3.8) is 0 Å². The number of fused-ring (bicyclic) bond motifs is 1. The second-order valence-corrected chi connectivity index (χ2v) is 4.75. The Labute approximate surface area is 112 Å². The lowest BCUT2D eigenvalue weighted by Crippen LogP contribution is -2.20. The van der Waals surface area contributed by atoms with E-state index in [1.807, 2.05) is 24.3 Å². The van der Waals surface area contributed by atoms with Gasteiger partial charge in [0.05, 0.1) is 29.6 Å². The second-order valence-electron chi connectivity index (χ2n) is 4.75. The molecule has 0 fully saturated rings. The number of benzene rings is 1. The van der Waals surface area contributed by atoms with Crippen LogP contribution in [0.15, 0.2) is 47.3 Å². The summed E-state index contributed by atoms with van der Waals surface area (Å²) in [5.74, 6) is 1.05. The Morgan fingerprint density at radius 3 is 2.89 bits per heavy atom. The van der Waals surface area contributed by atoms with Crippen molar-refractivity contribution < 1.29 is 4.42 Å². The molecule has 3 aromatic rings. The van der Waals surface area contributed by atoms with E-state index in [1.165, 1.54) is 0 Å². The molecule has 0 spiro atoms. The van der Waals surface area contributed by atoms with Crippen LogP contribution >= 0.6 is 0 Å². The Morgan fingerprint density at radius 1 is 1.32 bits per heavy atom. The lowest BCUT2D eigenvalue weighted by molar-refractivity contribution is 0.523. The minimum atomic E-state index is 0.187. The zero-order chi connectivity index (χ0) is 13.2. The smallest absolute Gasteiger partial charge is 0.126 e. The molecule has 1 N–H and O–H groups in total. The van der Waals surface area contributed by atoms with Crippen molar-refractivity contribution in [2.45, 2.75) is 19.5 Å². The fourth-order valence-electron chi connectivity index (χ4n) is 2.31. The number of aryl methyl sites for hydroxylation is 1. The third kappa shape index (κ3) is 2.27. The summed E-state index contributed by atoms with van der Waals surface area (Å²) >= 11 is 0. The van der Waals surface area contributed by atoms with Crippen LogP contribution in [0.25, 0.3) is 11.0 Å². The van der Waals surface area contributed by atoms with Crippen molar-refractivity contribution in [1.29, 1.82) is 0 Å². The van der Waals surface area contributed by atoms with Gasteiger partial charge in [0.25, 0.3) is 0 Å². The van der Waals surface area contributed by atoms with Gasteiger partial charge in [-0.3, -0.25) is 0 Å². The van der Waals surface area contributed by atoms with Gasteiger partial charge in [-0.25, -0.2) is 4.98 Å². The average molecular weight is 255 g/mol. The van der Waals surface area contributed by atoms with Gasteiger partial charge in [0.1, 0.15) is 5.82 Å². The first kappa shape index (κ1) is 12.0. The van der Waals surface area contributed by atoms with Crippen LogP contribution in [0, 0.1) is 0 Å². The van der Waals surface area contributed by atoms with Crippen molar-refractivity contribution in [3.05, 3.63) is 54.2 Å². The van der Waals surface area contributed by atoms with Crippen molar-refractivity contribution in [3.8, 4) is 0 Å². The minimum absolute atomic E-state index is 0.187. The summed E-state index contributed by atoms with van der Waals surface area (Å²) in [6.07, 6.45) is 3.45. The van der Waals surface area contributed by atoms with Gasteiger partial charge in [-0.2, -0.15) is 0 Å². The SMILES string of the molecule is CC(NCc1ccoc1)c1nc2ccccc2n1C. The lowest BCUT2D eigenvalue weighted by atomic mass is 10.2. The van der Waals surface area contributed by atoms with Crippen LogP contribution in [0.2, 0.25) is 0 Å². The summed E-state index contributed by atoms with van der Waals surface area (Å²) in [7, 11) is 2.06. The zero-order valence-corrected chi connectivity index (χ0v) is 11.1. The maximum Gasteiger partial charge on any atom is 0.126 e. The van der Waals surface area contributed by atoms with E-state index in [4.69, 9.17) is 4.42 Å². The molecule has 19 heavy (non-hydrogen) atoms. The third-order valence-electron chi connectivity index (χ3n) is 3.40. The van der Waals surface area contributed by atoms with Crippen LogP contribution in [0.1, 0.15) is 24.4 Å². The van der Waals surface area contributed by atoms with Gasteiger partial charge in [0.2, 0.25) is 0 Å². The van der Waals surface area contributed by atoms with E-state index in [2.05, 4.69) is 34.9 Å². The second kappa shape index (κ2) is 4.90. The van der Waals surface area contributed by atoms with Crippen LogP contribution in [-0.4, -0.2) is 9.55 Å². The predicted molar refractivity (Wildman–Crippen MR) is 74.7 cm³/mol. The fraction of sp³-hybridized carbons (Fsp3) is 0.267. The fourth-order valence-corrected chi connectivity index (χ4v) is 2.31. The first-order valence-electron chi connectivity index (χ1n) is 6.41. The van der Waals surface area contributed by atoms with E-state index < -0.39 is 0 Å². The Balaban J connectivity index is 1.81. The normalized spacial score (nSPS) is 12.9. The molecule has 0 aliphatic rings. The van der Waals surface area contributed by atoms with Crippen molar-refractivity contribution >= 4 is 11.0 Å². The largest absolute Gasteiger partial charge is 0.472 e. The number of hydrogen-bond donors (Lipinski definition) is 1. The molecule has 0 saturated heterocycles. The average Bonchev–Trinajstić information content (AvgIpc) is 3.05. The number of furan rings is 1. The standard InChI is InChI=1S/C15H17N3O/c1-11(16-9-12-7-8-19-10-12)15-17-13-5-3-4-6-14(13)18(15)2/h3-8,10-11,16H,9H2,1-2H3. The summed E-state index contributed by atoms with van der Waals surface area (Å²) < 4.78 is 7.20. The van der Waals surface area contributed by atoms with Crippen LogP contribution in [0.4, 0.5) is 0 Å². The van der Waals surface area contributed by atoms with Gasteiger partial charge in [-0.05, 0) is 25.1 Å².